The van der Waals surface area contributed by atoms with E-state index in [2.05, 4.69) is 25.3 Å². The molecule has 0 spiro atoms. The predicted octanol–water partition coefficient (Wildman–Crippen LogP) is 7.21. The molecule has 3 aromatic heterocycles. The molecule has 2 saturated heterocycles. The van der Waals surface area contributed by atoms with E-state index in [9.17, 15) is 14.7 Å². The van der Waals surface area contributed by atoms with E-state index in [-0.39, 0.29) is 59.7 Å². The second-order valence-corrected chi connectivity index (χ2v) is 18.2. The number of aromatic amines is 2. The third kappa shape index (κ3) is 8.41. The summed E-state index contributed by atoms with van der Waals surface area (Å²) in [6, 6.07) is 6.23. The molecule has 7 N–H and O–H groups in total. The highest BCUT2D eigenvalue weighted by Gasteiger charge is 2.42. The summed E-state index contributed by atoms with van der Waals surface area (Å²) in [5.74, 6) is -0.364. The summed E-state index contributed by atoms with van der Waals surface area (Å²) in [5.41, 5.74) is 9.92. The number of alkyl halides is 1. The molecular formula is C46H56ClF2N11O5. The fraction of sp³-hybridized carbons (Fsp3) is 0.478. The molecule has 0 saturated carbocycles. The first-order valence-electron chi connectivity index (χ1n) is 22.0. The Morgan fingerprint density at radius 1 is 1.11 bits per heavy atom. The first kappa shape index (κ1) is 45.9. The summed E-state index contributed by atoms with van der Waals surface area (Å²) in [7, 11) is 2.86. The summed E-state index contributed by atoms with van der Waals surface area (Å²) < 4.78 is 45.0. The van der Waals surface area contributed by atoms with Crippen molar-refractivity contribution in [2.24, 2.45) is 28.5 Å². The molecular weight excluding hydrogens is 860 g/mol. The molecule has 0 bridgehead atoms. The van der Waals surface area contributed by atoms with Gasteiger partial charge in [0.2, 0.25) is 5.91 Å². The van der Waals surface area contributed by atoms with Gasteiger partial charge in [-0.05, 0) is 48.9 Å². The van der Waals surface area contributed by atoms with E-state index in [0.29, 0.717) is 58.2 Å². The normalized spacial score (nSPS) is 21.7. The van der Waals surface area contributed by atoms with Crippen LogP contribution in [0.2, 0.25) is 5.02 Å². The van der Waals surface area contributed by atoms with Crippen LogP contribution in [-0.2, 0) is 9.53 Å². The van der Waals surface area contributed by atoms with Crippen LogP contribution >= 0.6 is 11.6 Å². The molecule has 16 nitrogen and oxygen atoms in total. The lowest BCUT2D eigenvalue weighted by atomic mass is 9.96. The van der Waals surface area contributed by atoms with E-state index in [4.69, 9.17) is 37.2 Å². The Balaban J connectivity index is 1.14. The quantitative estimate of drug-likeness (QED) is 0.0620. The first-order valence-corrected chi connectivity index (χ1v) is 22.4. The number of H-pyrrole nitrogens is 2. The number of imidazole rings is 2. The standard InChI is InChI=1S/C46H56ClF2N11O5/c1-22(2)39(51)35(21-61)59-20-27(48)15-34(59)43-54-19-31(56-43)25-13-29(49)37-36(14-25)65-45(26(16-50)17-52-5)60-32-10-9-24(12-28(32)38(47)41(37)60)30-18-53-42(55-30)33-8-7-11-58(33)44(62)40(23(3)4)57-46(63)64-6/h9-10,12-14,16-19,22-23,26-27,33-35,39-40,45,50,61H,7-8,11,15,20-21,51H2,1-6H3,(H,53,55)(H,54,56)(H,57,63). The average Bonchev–Trinajstić information content (AvgIpc) is 4.15. The first-order chi connectivity index (χ1) is 31.2. The third-order valence-electron chi connectivity index (χ3n) is 13.1. The molecule has 5 aromatic rings. The SMILES string of the molecule is CN=CC(C=N)C1Oc2cc(-c3cnc(C4CC(F)CN4C(CO)C(N)C(C)C)[nH]3)cc(F)c2-c2c(Cl)c3cc(-c4cnc(C5CCCN5C(=O)C(NC(=O)OC)C(C)C)[nH]4)ccc3n21. The number of hydrogen-bond acceptors (Lipinski definition) is 11. The number of nitrogens with one attached hydrogen (secondary N) is 4. The number of alkyl carbamates (subject to hydrolysis) is 1. The van der Waals surface area contributed by atoms with Gasteiger partial charge in [0.15, 0.2) is 6.23 Å². The highest BCUT2D eigenvalue weighted by Crippen LogP contribution is 2.51. The van der Waals surface area contributed by atoms with E-state index in [1.807, 2.05) is 50.8 Å². The van der Waals surface area contributed by atoms with Crippen LogP contribution in [0.25, 0.3) is 44.7 Å². The number of carbonyl (C=O) groups is 2. The molecule has 6 heterocycles. The van der Waals surface area contributed by atoms with Gasteiger partial charge in [0, 0.05) is 67.6 Å². The molecule has 2 aromatic carbocycles. The number of ether oxygens (including phenoxy) is 2. The minimum Gasteiger partial charge on any atom is -0.468 e. The van der Waals surface area contributed by atoms with E-state index in [1.54, 1.807) is 41.2 Å². The lowest BCUT2D eigenvalue weighted by molar-refractivity contribution is -0.135. The third-order valence-corrected chi connectivity index (χ3v) is 13.4. The number of carbonyl (C=O) groups excluding carboxylic acids is 2. The molecule has 65 heavy (non-hydrogen) atoms. The van der Waals surface area contributed by atoms with Crippen molar-refractivity contribution in [2.75, 3.05) is 33.9 Å². The van der Waals surface area contributed by atoms with Gasteiger partial charge in [0.05, 0.1) is 77.3 Å². The van der Waals surface area contributed by atoms with Gasteiger partial charge in [0.25, 0.3) is 0 Å². The number of rotatable bonds is 14. The fourth-order valence-corrected chi connectivity index (χ4v) is 9.97. The number of fused-ring (bicyclic) bond motifs is 5. The van der Waals surface area contributed by atoms with E-state index >= 15 is 8.78 Å². The van der Waals surface area contributed by atoms with Crippen LogP contribution in [0.3, 0.4) is 0 Å². The summed E-state index contributed by atoms with van der Waals surface area (Å²) in [4.78, 5) is 49.7. The second kappa shape index (κ2) is 18.7. The van der Waals surface area contributed by atoms with Gasteiger partial charge in [-0.1, -0.05) is 45.4 Å². The Morgan fingerprint density at radius 3 is 2.46 bits per heavy atom. The Hall–Kier alpha value is -5.69. The highest BCUT2D eigenvalue weighted by atomic mass is 35.5. The predicted molar refractivity (Wildman–Crippen MR) is 244 cm³/mol. The molecule has 8 unspecified atom stereocenters. The number of nitrogens with two attached hydrogens (primary N) is 1. The van der Waals surface area contributed by atoms with Gasteiger partial charge in [0.1, 0.15) is 35.4 Å². The fourth-order valence-electron chi connectivity index (χ4n) is 9.64. The van der Waals surface area contributed by atoms with Crippen molar-refractivity contribution < 1.29 is 33.0 Å². The zero-order chi connectivity index (χ0) is 46.4. The van der Waals surface area contributed by atoms with Gasteiger partial charge in [-0.25, -0.2) is 23.5 Å². The number of aliphatic imine (C=N–C) groups is 1. The molecule has 8 rings (SSSR count). The molecule has 346 valence electrons. The number of aliphatic hydroxyl groups is 1. The molecule has 3 aliphatic heterocycles. The number of likely N-dealkylation sites (tertiary alicyclic amines) is 2. The maximum atomic E-state index is 16.8. The number of aromatic nitrogens is 5. The van der Waals surface area contributed by atoms with Gasteiger partial charge in [-0.3, -0.25) is 14.7 Å². The zero-order valence-electron chi connectivity index (χ0n) is 37.2. The van der Waals surface area contributed by atoms with Crippen LogP contribution in [0, 0.1) is 29.0 Å². The van der Waals surface area contributed by atoms with Crippen LogP contribution in [0.15, 0.2) is 47.7 Å². The number of aliphatic hydroxyl groups excluding tert-OH is 1. The number of amides is 2. The van der Waals surface area contributed by atoms with Crippen LogP contribution in [0.1, 0.15) is 76.9 Å². The van der Waals surface area contributed by atoms with E-state index < -0.39 is 54.4 Å². The topological polar surface area (TPSA) is 216 Å². The molecule has 3 aliphatic rings. The van der Waals surface area contributed by atoms with Crippen LogP contribution < -0.4 is 15.8 Å². The number of methoxy groups -OCH3 is 1. The molecule has 2 amide bonds. The lowest BCUT2D eigenvalue weighted by Gasteiger charge is -2.36. The summed E-state index contributed by atoms with van der Waals surface area (Å²) in [6.07, 6.45) is 4.98. The van der Waals surface area contributed by atoms with Crippen molar-refractivity contribution in [1.82, 2.24) is 39.6 Å². The van der Waals surface area contributed by atoms with Crippen molar-refractivity contribution in [3.05, 3.63) is 65.2 Å². The maximum absolute atomic E-state index is 16.8. The highest BCUT2D eigenvalue weighted by molar-refractivity contribution is 6.39. The van der Waals surface area contributed by atoms with Crippen LogP contribution in [-0.4, -0.2) is 122 Å². The van der Waals surface area contributed by atoms with Crippen molar-refractivity contribution in [3.63, 3.8) is 0 Å². The number of halogens is 3. The van der Waals surface area contributed by atoms with Crippen molar-refractivity contribution in [3.8, 4) is 39.5 Å². The molecule has 2 fully saturated rings. The van der Waals surface area contributed by atoms with Crippen LogP contribution in [0.4, 0.5) is 13.6 Å². The van der Waals surface area contributed by atoms with Gasteiger partial charge in [-0.15, -0.1) is 0 Å². The Morgan fingerprint density at radius 2 is 1.82 bits per heavy atom. The summed E-state index contributed by atoms with van der Waals surface area (Å²) in [5, 5.41) is 22.2. The summed E-state index contributed by atoms with van der Waals surface area (Å²) >= 11 is 7.31. The Labute approximate surface area is 380 Å². The molecule has 8 atom stereocenters. The largest absolute Gasteiger partial charge is 0.468 e. The second-order valence-electron chi connectivity index (χ2n) is 17.8. The smallest absolute Gasteiger partial charge is 0.407 e. The summed E-state index contributed by atoms with van der Waals surface area (Å²) in [6.45, 7) is 8.02. The number of nitrogens with zero attached hydrogens (tertiary/aromatic N) is 6. The van der Waals surface area contributed by atoms with Crippen molar-refractivity contribution in [2.45, 2.75) is 89.6 Å². The van der Waals surface area contributed by atoms with Crippen molar-refractivity contribution >= 4 is 46.9 Å². The molecule has 0 radical (unpaired) electrons. The van der Waals surface area contributed by atoms with Gasteiger partial charge >= 0.3 is 6.09 Å². The minimum absolute atomic E-state index is 0.0483. The lowest BCUT2D eigenvalue weighted by Crippen LogP contribution is -2.52. The van der Waals surface area contributed by atoms with E-state index in [0.717, 1.165) is 12.0 Å². The Kier molecular flexibility index (Phi) is 13.2. The number of benzene rings is 2. The van der Waals surface area contributed by atoms with Crippen LogP contribution in [0.5, 0.6) is 5.75 Å². The maximum Gasteiger partial charge on any atom is 0.407 e. The number of hydrogen-bond donors (Lipinski definition) is 6. The monoisotopic (exact) mass is 915 g/mol. The van der Waals surface area contributed by atoms with E-state index in [1.165, 1.54) is 19.4 Å². The van der Waals surface area contributed by atoms with Gasteiger partial charge in [-0.2, -0.15) is 0 Å². The molecule has 0 aliphatic carbocycles. The molecule has 19 heteroatoms. The zero-order valence-corrected chi connectivity index (χ0v) is 37.9. The van der Waals surface area contributed by atoms with Gasteiger partial charge < -0.3 is 50.5 Å². The van der Waals surface area contributed by atoms with Crippen molar-refractivity contribution in [1.29, 1.82) is 5.41 Å². The average molecular weight is 916 g/mol. The Bertz CT molecular complexity index is 2610. The minimum atomic E-state index is -1.14.